The SMILES string of the molecule is Cc1ccc(-c2nn(-c3ccccc3)cc2/C=C2\SC(=S)N([C@H](C)c3ccccc3)C2=O)cc1. The topological polar surface area (TPSA) is 38.1 Å². The first kappa shape index (κ1) is 22.3. The Morgan fingerprint density at radius 1 is 0.941 bits per heavy atom. The van der Waals surface area contributed by atoms with Crippen molar-refractivity contribution in [2.24, 2.45) is 0 Å². The molecular weight excluding hydrogens is 458 g/mol. The number of carbonyl (C=O) groups excluding carboxylic acids is 1. The van der Waals surface area contributed by atoms with Crippen LogP contribution in [0.3, 0.4) is 0 Å². The highest BCUT2D eigenvalue weighted by Crippen LogP contribution is 2.39. The molecule has 3 aromatic carbocycles. The quantitative estimate of drug-likeness (QED) is 0.232. The van der Waals surface area contributed by atoms with Crippen LogP contribution in [0.1, 0.15) is 29.7 Å². The van der Waals surface area contributed by atoms with Gasteiger partial charge in [-0.3, -0.25) is 9.69 Å². The molecule has 0 bridgehead atoms. The fourth-order valence-electron chi connectivity index (χ4n) is 3.98. The van der Waals surface area contributed by atoms with Crippen LogP contribution in [0.25, 0.3) is 23.0 Å². The fraction of sp³-hybridized carbons (Fsp3) is 0.107. The van der Waals surface area contributed by atoms with E-state index in [1.807, 2.05) is 84.5 Å². The van der Waals surface area contributed by atoms with Crippen LogP contribution in [0.5, 0.6) is 0 Å². The van der Waals surface area contributed by atoms with Gasteiger partial charge in [-0.1, -0.05) is 102 Å². The first-order valence-electron chi connectivity index (χ1n) is 11.1. The van der Waals surface area contributed by atoms with Crippen molar-refractivity contribution in [1.82, 2.24) is 14.7 Å². The monoisotopic (exact) mass is 481 g/mol. The number of amides is 1. The number of hydrogen-bond acceptors (Lipinski definition) is 4. The van der Waals surface area contributed by atoms with Crippen molar-refractivity contribution in [1.29, 1.82) is 0 Å². The predicted octanol–water partition coefficient (Wildman–Crippen LogP) is 6.81. The van der Waals surface area contributed by atoms with E-state index in [-0.39, 0.29) is 11.9 Å². The number of rotatable bonds is 5. The number of aromatic nitrogens is 2. The molecule has 0 N–H and O–H groups in total. The first-order valence-corrected chi connectivity index (χ1v) is 12.3. The van der Waals surface area contributed by atoms with Crippen molar-refractivity contribution >= 4 is 40.3 Å². The zero-order valence-corrected chi connectivity index (χ0v) is 20.5. The summed E-state index contributed by atoms with van der Waals surface area (Å²) in [6.07, 6.45) is 3.89. The number of thiocarbonyl (C=S) groups is 1. The summed E-state index contributed by atoms with van der Waals surface area (Å²) in [7, 11) is 0. The van der Waals surface area contributed by atoms with E-state index in [0.29, 0.717) is 9.23 Å². The Morgan fingerprint density at radius 3 is 2.26 bits per heavy atom. The molecular formula is C28H23N3OS2. The van der Waals surface area contributed by atoms with E-state index in [9.17, 15) is 4.79 Å². The van der Waals surface area contributed by atoms with Gasteiger partial charge in [0, 0.05) is 17.3 Å². The number of para-hydroxylation sites is 1. The Kier molecular flexibility index (Phi) is 6.18. The average molecular weight is 482 g/mol. The zero-order chi connectivity index (χ0) is 23.7. The Morgan fingerprint density at radius 2 is 1.59 bits per heavy atom. The molecule has 0 aliphatic carbocycles. The summed E-state index contributed by atoms with van der Waals surface area (Å²) in [4.78, 5) is 15.7. The van der Waals surface area contributed by atoms with Crippen molar-refractivity contribution < 1.29 is 4.79 Å². The standard InChI is InChI=1S/C28H23N3OS2/c1-19-13-15-22(16-14-19)26-23(18-30(29-26)24-11-7-4-8-12-24)17-25-27(32)31(28(33)34-25)20(2)21-9-5-3-6-10-21/h3-18,20H,1-2H3/b25-17-/t20-/m1/s1. The molecule has 4 nitrogen and oxygen atoms in total. The van der Waals surface area contributed by atoms with Crippen LogP contribution in [0, 0.1) is 6.92 Å². The molecule has 1 fully saturated rings. The molecule has 1 saturated heterocycles. The minimum atomic E-state index is -0.136. The average Bonchev–Trinajstić information content (AvgIpc) is 3.41. The summed E-state index contributed by atoms with van der Waals surface area (Å²) in [6.45, 7) is 4.07. The second-order valence-electron chi connectivity index (χ2n) is 8.22. The lowest BCUT2D eigenvalue weighted by atomic mass is 10.1. The van der Waals surface area contributed by atoms with Gasteiger partial charge in [0.2, 0.25) is 0 Å². The maximum Gasteiger partial charge on any atom is 0.266 e. The largest absolute Gasteiger partial charge is 0.286 e. The van der Waals surface area contributed by atoms with E-state index in [2.05, 4.69) is 31.2 Å². The maximum atomic E-state index is 13.4. The van der Waals surface area contributed by atoms with Gasteiger partial charge in [-0.25, -0.2) is 4.68 Å². The molecule has 0 spiro atoms. The molecule has 0 radical (unpaired) electrons. The van der Waals surface area contributed by atoms with Crippen LogP contribution in [-0.4, -0.2) is 24.9 Å². The zero-order valence-electron chi connectivity index (χ0n) is 18.9. The smallest absolute Gasteiger partial charge is 0.266 e. The first-order chi connectivity index (χ1) is 16.5. The van der Waals surface area contributed by atoms with Gasteiger partial charge in [-0.05, 0) is 37.6 Å². The fourth-order valence-corrected chi connectivity index (χ4v) is 5.39. The lowest BCUT2D eigenvalue weighted by Crippen LogP contribution is -2.30. The molecule has 1 aliphatic heterocycles. The third kappa shape index (κ3) is 4.34. The molecule has 6 heteroatoms. The normalized spacial score (nSPS) is 15.8. The van der Waals surface area contributed by atoms with Crippen LogP contribution in [0.4, 0.5) is 0 Å². The Labute approximate surface area is 208 Å². The van der Waals surface area contributed by atoms with E-state index in [1.165, 1.54) is 17.3 Å². The lowest BCUT2D eigenvalue weighted by Gasteiger charge is -2.23. The summed E-state index contributed by atoms with van der Waals surface area (Å²) in [5, 5.41) is 4.87. The van der Waals surface area contributed by atoms with Crippen LogP contribution in [0.15, 0.2) is 96.0 Å². The van der Waals surface area contributed by atoms with Crippen LogP contribution >= 0.6 is 24.0 Å². The molecule has 1 amide bonds. The van der Waals surface area contributed by atoms with E-state index in [0.717, 1.165) is 28.1 Å². The van der Waals surface area contributed by atoms with Crippen molar-refractivity contribution in [3.8, 4) is 16.9 Å². The third-order valence-corrected chi connectivity index (χ3v) is 7.20. The number of aryl methyl sites for hydroxylation is 1. The maximum absolute atomic E-state index is 13.4. The highest BCUT2D eigenvalue weighted by molar-refractivity contribution is 8.26. The second kappa shape index (κ2) is 9.41. The Balaban J connectivity index is 1.54. The van der Waals surface area contributed by atoms with Gasteiger partial charge in [0.1, 0.15) is 4.32 Å². The highest BCUT2D eigenvalue weighted by Gasteiger charge is 2.36. The van der Waals surface area contributed by atoms with Crippen LogP contribution < -0.4 is 0 Å². The second-order valence-corrected chi connectivity index (χ2v) is 9.89. The molecule has 0 unspecified atom stereocenters. The van der Waals surface area contributed by atoms with E-state index in [4.69, 9.17) is 17.3 Å². The number of hydrogen-bond donors (Lipinski definition) is 0. The summed E-state index contributed by atoms with van der Waals surface area (Å²) in [6, 6.07) is 28.1. The van der Waals surface area contributed by atoms with Crippen molar-refractivity contribution in [3.05, 3.63) is 113 Å². The van der Waals surface area contributed by atoms with Crippen molar-refractivity contribution in [2.45, 2.75) is 19.9 Å². The van der Waals surface area contributed by atoms with Gasteiger partial charge in [-0.15, -0.1) is 0 Å². The number of thioether (sulfide) groups is 1. The van der Waals surface area contributed by atoms with Gasteiger partial charge in [0.25, 0.3) is 5.91 Å². The Hall–Kier alpha value is -3.48. The van der Waals surface area contributed by atoms with Crippen LogP contribution in [-0.2, 0) is 4.79 Å². The van der Waals surface area contributed by atoms with Gasteiger partial charge in [0.05, 0.1) is 22.3 Å². The number of benzene rings is 3. The van der Waals surface area contributed by atoms with Gasteiger partial charge in [-0.2, -0.15) is 5.10 Å². The minimum absolute atomic E-state index is 0.0753. The number of carbonyl (C=O) groups is 1. The lowest BCUT2D eigenvalue weighted by molar-refractivity contribution is -0.123. The molecule has 1 aliphatic rings. The van der Waals surface area contributed by atoms with Crippen molar-refractivity contribution in [2.75, 3.05) is 0 Å². The molecule has 0 saturated carbocycles. The molecule has 1 atom stereocenters. The summed E-state index contributed by atoms with van der Waals surface area (Å²) in [5.74, 6) is -0.0753. The summed E-state index contributed by atoms with van der Waals surface area (Å²) < 4.78 is 2.42. The Bertz CT molecular complexity index is 1380. The van der Waals surface area contributed by atoms with Gasteiger partial charge < -0.3 is 0 Å². The summed E-state index contributed by atoms with van der Waals surface area (Å²) >= 11 is 6.96. The van der Waals surface area contributed by atoms with Gasteiger partial charge in [0.15, 0.2) is 0 Å². The molecule has 168 valence electrons. The summed E-state index contributed by atoms with van der Waals surface area (Å²) in [5.41, 5.74) is 5.90. The molecule has 4 aromatic rings. The minimum Gasteiger partial charge on any atom is -0.286 e. The molecule has 5 rings (SSSR count). The number of nitrogens with zero attached hydrogens (tertiary/aromatic N) is 3. The van der Waals surface area contributed by atoms with E-state index >= 15 is 0 Å². The molecule has 34 heavy (non-hydrogen) atoms. The predicted molar refractivity (Wildman–Crippen MR) is 144 cm³/mol. The molecule has 2 heterocycles. The highest BCUT2D eigenvalue weighted by atomic mass is 32.2. The van der Waals surface area contributed by atoms with Crippen molar-refractivity contribution in [3.63, 3.8) is 0 Å². The van der Waals surface area contributed by atoms with E-state index < -0.39 is 0 Å². The molecule has 1 aromatic heterocycles. The van der Waals surface area contributed by atoms with Gasteiger partial charge >= 0.3 is 0 Å². The van der Waals surface area contributed by atoms with Crippen LogP contribution in [0.2, 0.25) is 0 Å². The third-order valence-electron chi connectivity index (χ3n) is 5.87. The van der Waals surface area contributed by atoms with E-state index in [1.54, 1.807) is 4.90 Å².